The summed E-state index contributed by atoms with van der Waals surface area (Å²) in [7, 11) is -0.381. The Kier molecular flexibility index (Phi) is 3.59. The number of hydrogen-bond acceptors (Lipinski definition) is 1. The normalized spacial score (nSPS) is 11.7. The summed E-state index contributed by atoms with van der Waals surface area (Å²) < 4.78 is 2.17. The maximum absolute atomic E-state index is 4.49. The lowest BCUT2D eigenvalue weighted by molar-refractivity contribution is 0.770. The van der Waals surface area contributed by atoms with E-state index in [4.69, 9.17) is 0 Å². The molecule has 0 aliphatic heterocycles. The van der Waals surface area contributed by atoms with Gasteiger partial charge in [0, 0.05) is 11.6 Å². The van der Waals surface area contributed by atoms with Gasteiger partial charge in [0.25, 0.3) is 0 Å². The van der Waals surface area contributed by atoms with Gasteiger partial charge in [-0.2, -0.15) is 0 Å². The number of benzene rings is 1. The zero-order valence-corrected chi connectivity index (χ0v) is 11.4. The molecule has 0 saturated heterocycles. The van der Waals surface area contributed by atoms with Crippen molar-refractivity contribution in [2.24, 2.45) is 4.99 Å². The van der Waals surface area contributed by atoms with E-state index >= 15 is 0 Å². The average molecular weight is 241 g/mol. The van der Waals surface area contributed by atoms with Crippen molar-refractivity contribution in [3.8, 4) is 0 Å². The summed E-state index contributed by atoms with van der Waals surface area (Å²) in [6.07, 6.45) is 4.02. The molecule has 0 saturated carbocycles. The Morgan fingerprint density at radius 2 is 2.12 bits per heavy atom. The van der Waals surface area contributed by atoms with Crippen LogP contribution in [-0.4, -0.2) is 19.2 Å². The van der Waals surface area contributed by atoms with E-state index in [1.807, 2.05) is 6.08 Å². The smallest absolute Gasteiger partial charge is 0.113 e. The Morgan fingerprint density at radius 3 is 2.82 bits per heavy atom. The first-order valence-corrected chi connectivity index (χ1v) is 8.30. The molecule has 0 spiro atoms. The van der Waals surface area contributed by atoms with Gasteiger partial charge in [-0.05, 0) is 17.5 Å². The van der Waals surface area contributed by atoms with Gasteiger partial charge >= 0.3 is 0 Å². The maximum atomic E-state index is 4.49. The fraction of sp³-hybridized carbons (Fsp3) is 0.214. The molecule has 2 rings (SSSR count). The van der Waals surface area contributed by atoms with Gasteiger partial charge in [-0.25, -0.2) is 0 Å². The molecular weight excluding hydrogens is 224 g/mol. The van der Waals surface area contributed by atoms with Crippen molar-refractivity contribution >= 4 is 31.6 Å². The van der Waals surface area contributed by atoms with E-state index in [9.17, 15) is 0 Å². The monoisotopic (exact) mass is 241 g/mol. The molecule has 0 aliphatic rings. The van der Waals surface area contributed by atoms with Crippen LogP contribution in [0, 0.1) is 0 Å². The van der Waals surface area contributed by atoms with Crippen LogP contribution < -0.4 is 0 Å². The van der Waals surface area contributed by atoms with Crippen LogP contribution in [0.4, 0.5) is 0 Å². The van der Waals surface area contributed by atoms with Crippen LogP contribution in [0.15, 0.2) is 42.0 Å². The molecule has 2 nitrogen and oxygen atoms in total. The predicted octanol–water partition coefficient (Wildman–Crippen LogP) is 3.61. The minimum absolute atomic E-state index is 0.381. The van der Waals surface area contributed by atoms with Crippen LogP contribution in [0.25, 0.3) is 17.0 Å². The summed E-state index contributed by atoms with van der Waals surface area (Å²) in [4.78, 5) is 4.49. The predicted molar refractivity (Wildman–Crippen MR) is 78.0 cm³/mol. The zero-order valence-electron chi connectivity index (χ0n) is 10.4. The second kappa shape index (κ2) is 5.14. The molecule has 0 amide bonds. The first kappa shape index (κ1) is 11.9. The summed E-state index contributed by atoms with van der Waals surface area (Å²) in [5.74, 6) is 2.09. The highest BCUT2D eigenvalue weighted by Crippen LogP contribution is 2.21. The van der Waals surface area contributed by atoms with Crippen molar-refractivity contribution in [3.63, 3.8) is 0 Å². The molecule has 87 valence electrons. The summed E-state index contributed by atoms with van der Waals surface area (Å²) >= 11 is 0. The maximum Gasteiger partial charge on any atom is 0.113 e. The highest BCUT2D eigenvalue weighted by atomic mass is 28.3. The number of nitrogens with zero attached hydrogens (tertiary/aromatic N) is 2. The molecule has 0 unspecified atom stereocenters. The van der Waals surface area contributed by atoms with E-state index in [2.05, 4.69) is 65.5 Å². The molecule has 0 atom stereocenters. The number of fused-ring (bicyclic) bond motifs is 1. The SMILES string of the molecule is C=Cc1cn(CN=C[Si](C)C)c2ccccc12. The minimum Gasteiger partial charge on any atom is -0.327 e. The van der Waals surface area contributed by atoms with Crippen LogP contribution in [0.3, 0.4) is 0 Å². The third-order valence-electron chi connectivity index (χ3n) is 2.62. The third kappa shape index (κ3) is 2.56. The van der Waals surface area contributed by atoms with Crippen molar-refractivity contribution in [3.05, 3.63) is 42.6 Å². The summed E-state index contributed by atoms with van der Waals surface area (Å²) in [5.41, 5.74) is 2.40. The standard InChI is InChI=1S/C14H17N2Si/c1-4-12-9-16(10-15-11-17(2)3)14-8-6-5-7-13(12)14/h4-9,11H,1,10H2,2-3H3. The average Bonchev–Trinajstić information content (AvgIpc) is 2.68. The van der Waals surface area contributed by atoms with Crippen molar-refractivity contribution in [1.82, 2.24) is 4.57 Å². The van der Waals surface area contributed by atoms with Crippen LogP contribution in [-0.2, 0) is 6.67 Å². The van der Waals surface area contributed by atoms with Crippen molar-refractivity contribution in [1.29, 1.82) is 0 Å². The Bertz CT molecular complexity index is 552. The number of rotatable bonds is 4. The molecule has 2 aromatic rings. The summed E-state index contributed by atoms with van der Waals surface area (Å²) in [5, 5.41) is 1.25. The summed E-state index contributed by atoms with van der Waals surface area (Å²) in [6.45, 7) is 9.02. The van der Waals surface area contributed by atoms with Crippen LogP contribution >= 0.6 is 0 Å². The lowest BCUT2D eigenvalue weighted by Gasteiger charge is -2.00. The van der Waals surface area contributed by atoms with Crippen LogP contribution in [0.2, 0.25) is 13.1 Å². The minimum atomic E-state index is -0.381. The first-order valence-electron chi connectivity index (χ1n) is 5.72. The van der Waals surface area contributed by atoms with Crippen LogP contribution in [0.1, 0.15) is 5.56 Å². The highest BCUT2D eigenvalue weighted by Gasteiger charge is 2.04. The number of hydrogen-bond donors (Lipinski definition) is 0. The second-order valence-corrected chi connectivity index (χ2v) is 6.72. The van der Waals surface area contributed by atoms with E-state index in [1.54, 1.807) is 0 Å². The first-order chi connectivity index (χ1) is 8.22. The van der Waals surface area contributed by atoms with E-state index in [1.165, 1.54) is 16.5 Å². The fourth-order valence-corrected chi connectivity index (χ4v) is 2.31. The van der Waals surface area contributed by atoms with E-state index in [0.717, 1.165) is 0 Å². The number of para-hydroxylation sites is 1. The molecule has 3 heteroatoms. The van der Waals surface area contributed by atoms with Crippen molar-refractivity contribution < 1.29 is 0 Å². The van der Waals surface area contributed by atoms with Gasteiger partial charge in [-0.15, -0.1) is 0 Å². The van der Waals surface area contributed by atoms with Gasteiger partial charge in [0.1, 0.15) is 6.67 Å². The molecule has 1 aromatic heterocycles. The van der Waals surface area contributed by atoms with Gasteiger partial charge in [0.2, 0.25) is 0 Å². The Hall–Kier alpha value is -1.61. The molecule has 0 bridgehead atoms. The third-order valence-corrected chi connectivity index (χ3v) is 3.32. The lowest BCUT2D eigenvalue weighted by atomic mass is 10.2. The molecule has 0 N–H and O–H groups in total. The Balaban J connectivity index is 2.37. The molecule has 17 heavy (non-hydrogen) atoms. The molecule has 0 aliphatic carbocycles. The van der Waals surface area contributed by atoms with Crippen molar-refractivity contribution in [2.75, 3.05) is 0 Å². The fourth-order valence-electron chi connectivity index (χ4n) is 1.87. The zero-order chi connectivity index (χ0) is 12.3. The van der Waals surface area contributed by atoms with Gasteiger partial charge in [0.15, 0.2) is 0 Å². The Labute approximate surface area is 104 Å². The van der Waals surface area contributed by atoms with E-state index in [-0.39, 0.29) is 8.80 Å². The summed E-state index contributed by atoms with van der Waals surface area (Å²) in [6, 6.07) is 8.37. The highest BCUT2D eigenvalue weighted by molar-refractivity contribution is 6.83. The molecule has 1 heterocycles. The molecular formula is C14H17N2Si. The lowest BCUT2D eigenvalue weighted by Crippen LogP contribution is -2.03. The van der Waals surface area contributed by atoms with Gasteiger partial charge in [-0.1, -0.05) is 43.9 Å². The van der Waals surface area contributed by atoms with Gasteiger partial charge in [-0.3, -0.25) is 4.99 Å². The Morgan fingerprint density at radius 1 is 1.35 bits per heavy atom. The molecule has 0 fully saturated rings. The second-order valence-electron chi connectivity index (χ2n) is 4.31. The van der Waals surface area contributed by atoms with Gasteiger partial charge < -0.3 is 4.57 Å². The largest absolute Gasteiger partial charge is 0.327 e. The quantitative estimate of drug-likeness (QED) is 0.575. The van der Waals surface area contributed by atoms with E-state index in [0.29, 0.717) is 6.67 Å². The molecule has 1 aromatic carbocycles. The topological polar surface area (TPSA) is 17.3 Å². The van der Waals surface area contributed by atoms with Crippen molar-refractivity contribution in [2.45, 2.75) is 19.8 Å². The number of aliphatic imine (C=N–C) groups is 1. The van der Waals surface area contributed by atoms with E-state index < -0.39 is 0 Å². The number of aromatic nitrogens is 1. The van der Waals surface area contributed by atoms with Gasteiger partial charge in [0.05, 0.1) is 14.3 Å². The van der Waals surface area contributed by atoms with Crippen LogP contribution in [0.5, 0.6) is 0 Å². The molecule has 1 radical (unpaired) electrons.